The highest BCUT2D eigenvalue weighted by Crippen LogP contribution is 2.18. The van der Waals surface area contributed by atoms with E-state index in [2.05, 4.69) is 34.3 Å². The molecule has 0 radical (unpaired) electrons. The van der Waals surface area contributed by atoms with Crippen molar-refractivity contribution in [3.63, 3.8) is 0 Å². The van der Waals surface area contributed by atoms with Crippen LogP contribution in [0.1, 0.15) is 18.4 Å². The number of aromatic nitrogens is 2. The smallest absolute Gasteiger partial charge is 0.0645 e. The van der Waals surface area contributed by atoms with E-state index in [1.165, 1.54) is 31.5 Å². The molecule has 4 heteroatoms. The maximum atomic E-state index is 5.74. The molecule has 2 aromatic rings. The SMILES string of the molecule is NCC1CCN(Cc2ccc(-n3cccn3)cc2)CC1. The van der Waals surface area contributed by atoms with E-state index in [1.807, 2.05) is 16.9 Å². The highest BCUT2D eigenvalue weighted by molar-refractivity contribution is 5.33. The first-order valence-corrected chi connectivity index (χ1v) is 7.36. The Kier molecular flexibility index (Phi) is 4.14. The molecule has 3 rings (SSSR count). The molecule has 1 aromatic heterocycles. The average molecular weight is 270 g/mol. The Balaban J connectivity index is 1.59. The molecule has 1 aliphatic rings. The van der Waals surface area contributed by atoms with Gasteiger partial charge in [0.25, 0.3) is 0 Å². The Morgan fingerprint density at radius 3 is 2.50 bits per heavy atom. The second-order valence-electron chi connectivity index (χ2n) is 5.57. The van der Waals surface area contributed by atoms with Crippen LogP contribution in [0.15, 0.2) is 42.7 Å². The van der Waals surface area contributed by atoms with Gasteiger partial charge < -0.3 is 5.73 Å². The molecule has 0 amide bonds. The molecule has 4 nitrogen and oxygen atoms in total. The van der Waals surface area contributed by atoms with Crippen LogP contribution in [-0.2, 0) is 6.54 Å². The normalized spacial score (nSPS) is 17.4. The number of nitrogens with two attached hydrogens (primary N) is 1. The average Bonchev–Trinajstić information content (AvgIpc) is 3.03. The second-order valence-corrected chi connectivity index (χ2v) is 5.57. The Hall–Kier alpha value is -1.65. The summed E-state index contributed by atoms with van der Waals surface area (Å²) in [4.78, 5) is 2.52. The standard InChI is InChI=1S/C16H22N4/c17-12-14-6-10-19(11-7-14)13-15-2-4-16(5-3-15)20-9-1-8-18-20/h1-5,8-9,14H,6-7,10-13,17H2. The lowest BCUT2D eigenvalue weighted by molar-refractivity contribution is 0.180. The van der Waals surface area contributed by atoms with Crippen LogP contribution in [0, 0.1) is 5.92 Å². The zero-order valence-corrected chi connectivity index (χ0v) is 11.8. The van der Waals surface area contributed by atoms with Crippen LogP contribution in [0.5, 0.6) is 0 Å². The number of rotatable bonds is 4. The van der Waals surface area contributed by atoms with Gasteiger partial charge in [0.2, 0.25) is 0 Å². The second kappa shape index (κ2) is 6.20. The fourth-order valence-electron chi connectivity index (χ4n) is 2.81. The molecule has 2 heterocycles. The number of hydrogen-bond acceptors (Lipinski definition) is 3. The van der Waals surface area contributed by atoms with E-state index in [0.29, 0.717) is 0 Å². The van der Waals surface area contributed by atoms with Crippen molar-refractivity contribution in [2.75, 3.05) is 19.6 Å². The lowest BCUT2D eigenvalue weighted by Crippen LogP contribution is -2.35. The van der Waals surface area contributed by atoms with Gasteiger partial charge in [-0.15, -0.1) is 0 Å². The van der Waals surface area contributed by atoms with Crippen molar-refractivity contribution in [2.45, 2.75) is 19.4 Å². The molecule has 0 atom stereocenters. The van der Waals surface area contributed by atoms with Crippen molar-refractivity contribution in [3.8, 4) is 5.69 Å². The van der Waals surface area contributed by atoms with Crippen molar-refractivity contribution in [2.24, 2.45) is 11.7 Å². The molecule has 1 aliphatic heterocycles. The monoisotopic (exact) mass is 270 g/mol. The van der Waals surface area contributed by atoms with E-state index >= 15 is 0 Å². The van der Waals surface area contributed by atoms with E-state index in [4.69, 9.17) is 5.73 Å². The van der Waals surface area contributed by atoms with Gasteiger partial charge in [-0.3, -0.25) is 4.90 Å². The lowest BCUT2D eigenvalue weighted by atomic mass is 9.97. The van der Waals surface area contributed by atoms with Crippen LogP contribution in [0.2, 0.25) is 0 Å². The van der Waals surface area contributed by atoms with Gasteiger partial charge in [0.15, 0.2) is 0 Å². The Bertz CT molecular complexity index is 510. The minimum Gasteiger partial charge on any atom is -0.330 e. The van der Waals surface area contributed by atoms with Gasteiger partial charge in [-0.05, 0) is 62.2 Å². The summed E-state index contributed by atoms with van der Waals surface area (Å²) in [5.41, 5.74) is 8.22. The Morgan fingerprint density at radius 2 is 1.90 bits per heavy atom. The molecular weight excluding hydrogens is 248 g/mol. The summed E-state index contributed by atoms with van der Waals surface area (Å²) in [6, 6.07) is 10.6. The predicted octanol–water partition coefficient (Wildman–Crippen LogP) is 2.04. The third kappa shape index (κ3) is 3.08. The Morgan fingerprint density at radius 1 is 1.15 bits per heavy atom. The molecule has 1 saturated heterocycles. The summed E-state index contributed by atoms with van der Waals surface area (Å²) < 4.78 is 1.89. The molecular formula is C16H22N4. The zero-order valence-electron chi connectivity index (χ0n) is 11.8. The van der Waals surface area contributed by atoms with E-state index in [-0.39, 0.29) is 0 Å². The number of piperidine rings is 1. The number of benzene rings is 1. The summed E-state index contributed by atoms with van der Waals surface area (Å²) >= 11 is 0. The van der Waals surface area contributed by atoms with Gasteiger partial charge >= 0.3 is 0 Å². The maximum Gasteiger partial charge on any atom is 0.0645 e. The molecule has 0 unspecified atom stereocenters. The van der Waals surface area contributed by atoms with Gasteiger partial charge in [0.05, 0.1) is 5.69 Å². The molecule has 106 valence electrons. The molecule has 0 saturated carbocycles. The van der Waals surface area contributed by atoms with Crippen LogP contribution in [0.4, 0.5) is 0 Å². The molecule has 0 bridgehead atoms. The van der Waals surface area contributed by atoms with Crippen LogP contribution < -0.4 is 5.73 Å². The van der Waals surface area contributed by atoms with Crippen LogP contribution in [0.25, 0.3) is 5.69 Å². The van der Waals surface area contributed by atoms with Crippen LogP contribution >= 0.6 is 0 Å². The first kappa shape index (κ1) is 13.3. The summed E-state index contributed by atoms with van der Waals surface area (Å²) in [6.07, 6.45) is 6.24. The first-order valence-electron chi connectivity index (χ1n) is 7.36. The van der Waals surface area contributed by atoms with Gasteiger partial charge in [0.1, 0.15) is 0 Å². The quantitative estimate of drug-likeness (QED) is 0.925. The van der Waals surface area contributed by atoms with Gasteiger partial charge in [-0.2, -0.15) is 5.10 Å². The van der Waals surface area contributed by atoms with E-state index in [1.54, 1.807) is 6.20 Å². The van der Waals surface area contributed by atoms with Crippen molar-refractivity contribution in [1.82, 2.24) is 14.7 Å². The zero-order chi connectivity index (χ0) is 13.8. The van der Waals surface area contributed by atoms with E-state index in [9.17, 15) is 0 Å². The summed E-state index contributed by atoms with van der Waals surface area (Å²) in [5.74, 6) is 0.730. The van der Waals surface area contributed by atoms with Crippen molar-refractivity contribution < 1.29 is 0 Å². The fraction of sp³-hybridized carbons (Fsp3) is 0.438. The summed E-state index contributed by atoms with van der Waals surface area (Å²) in [5, 5.41) is 4.24. The third-order valence-corrected chi connectivity index (χ3v) is 4.15. The van der Waals surface area contributed by atoms with Gasteiger partial charge in [-0.1, -0.05) is 12.1 Å². The third-order valence-electron chi connectivity index (χ3n) is 4.15. The molecule has 2 N–H and O–H groups in total. The topological polar surface area (TPSA) is 47.1 Å². The molecule has 1 aromatic carbocycles. The number of likely N-dealkylation sites (tertiary alicyclic amines) is 1. The van der Waals surface area contributed by atoms with E-state index in [0.717, 1.165) is 24.7 Å². The summed E-state index contributed by atoms with van der Waals surface area (Å²) in [6.45, 7) is 4.22. The maximum absolute atomic E-state index is 5.74. The van der Waals surface area contributed by atoms with Crippen molar-refractivity contribution >= 4 is 0 Å². The fourth-order valence-corrected chi connectivity index (χ4v) is 2.81. The predicted molar refractivity (Wildman–Crippen MR) is 80.6 cm³/mol. The van der Waals surface area contributed by atoms with E-state index < -0.39 is 0 Å². The van der Waals surface area contributed by atoms with Gasteiger partial charge in [0, 0.05) is 18.9 Å². The van der Waals surface area contributed by atoms with Gasteiger partial charge in [-0.25, -0.2) is 4.68 Å². The van der Waals surface area contributed by atoms with Crippen molar-refractivity contribution in [1.29, 1.82) is 0 Å². The Labute approximate surface area is 120 Å². The minimum atomic E-state index is 0.730. The minimum absolute atomic E-state index is 0.730. The molecule has 1 fully saturated rings. The lowest BCUT2D eigenvalue weighted by Gasteiger charge is -2.31. The molecule has 20 heavy (non-hydrogen) atoms. The molecule has 0 spiro atoms. The summed E-state index contributed by atoms with van der Waals surface area (Å²) in [7, 11) is 0. The first-order chi connectivity index (χ1) is 9.85. The largest absolute Gasteiger partial charge is 0.330 e. The molecule has 0 aliphatic carbocycles. The number of nitrogens with zero attached hydrogens (tertiary/aromatic N) is 3. The number of hydrogen-bond donors (Lipinski definition) is 1. The van der Waals surface area contributed by atoms with Crippen LogP contribution in [0.3, 0.4) is 0 Å². The van der Waals surface area contributed by atoms with Crippen LogP contribution in [-0.4, -0.2) is 34.3 Å². The highest BCUT2D eigenvalue weighted by Gasteiger charge is 2.17. The van der Waals surface area contributed by atoms with Crippen molar-refractivity contribution in [3.05, 3.63) is 48.3 Å². The highest BCUT2D eigenvalue weighted by atomic mass is 15.3.